The molecule has 0 atom stereocenters. The molecule has 0 fully saturated rings. The van der Waals surface area contributed by atoms with E-state index < -0.39 is 5.97 Å². The lowest BCUT2D eigenvalue weighted by Gasteiger charge is -2.10. The number of aromatic nitrogens is 3. The Morgan fingerprint density at radius 2 is 2.00 bits per heavy atom. The van der Waals surface area contributed by atoms with E-state index in [1.54, 1.807) is 18.2 Å². The number of aryl methyl sites for hydroxylation is 1. The second kappa shape index (κ2) is 9.20. The Bertz CT molecular complexity index is 1060. The van der Waals surface area contributed by atoms with Crippen molar-refractivity contribution in [3.05, 3.63) is 72.3 Å². The van der Waals surface area contributed by atoms with Crippen LogP contribution in [0.4, 0.5) is 5.69 Å². The van der Waals surface area contributed by atoms with E-state index in [4.69, 9.17) is 5.11 Å². The van der Waals surface area contributed by atoms with Gasteiger partial charge >= 0.3 is 5.97 Å². The third-order valence-corrected chi connectivity index (χ3v) is 5.11. The van der Waals surface area contributed by atoms with Crippen LogP contribution in [-0.4, -0.2) is 37.5 Å². The van der Waals surface area contributed by atoms with Gasteiger partial charge in [0.05, 0.1) is 11.3 Å². The average Bonchev–Trinajstić information content (AvgIpc) is 3.10. The Hall–Kier alpha value is -3.39. The minimum absolute atomic E-state index is 0.111. The maximum atomic E-state index is 12.3. The van der Waals surface area contributed by atoms with E-state index in [9.17, 15) is 9.59 Å². The summed E-state index contributed by atoms with van der Waals surface area (Å²) in [5.41, 5.74) is 2.61. The molecule has 148 valence electrons. The van der Waals surface area contributed by atoms with E-state index in [2.05, 4.69) is 22.1 Å². The van der Waals surface area contributed by atoms with Gasteiger partial charge in [-0.1, -0.05) is 48.2 Å². The van der Waals surface area contributed by atoms with Crippen LogP contribution < -0.4 is 5.32 Å². The molecule has 3 aromatic rings. The lowest BCUT2D eigenvalue weighted by molar-refractivity contribution is -0.113. The highest BCUT2D eigenvalue weighted by Crippen LogP contribution is 2.26. The molecule has 1 aromatic heterocycles. The second-order valence-electron chi connectivity index (χ2n) is 6.24. The van der Waals surface area contributed by atoms with Crippen LogP contribution in [0.2, 0.25) is 0 Å². The predicted molar refractivity (Wildman–Crippen MR) is 113 cm³/mol. The highest BCUT2D eigenvalue weighted by atomic mass is 32.2. The minimum Gasteiger partial charge on any atom is -0.478 e. The lowest BCUT2D eigenvalue weighted by atomic mass is 10.1. The summed E-state index contributed by atoms with van der Waals surface area (Å²) in [6, 6.07) is 14.0. The number of hydrogen-bond donors (Lipinski definition) is 2. The molecular weight excluding hydrogens is 388 g/mol. The number of nitrogens with zero attached hydrogens (tertiary/aromatic N) is 3. The summed E-state index contributed by atoms with van der Waals surface area (Å²) in [6.45, 7) is 6.32. The minimum atomic E-state index is -1.04. The second-order valence-corrected chi connectivity index (χ2v) is 7.19. The van der Waals surface area contributed by atoms with Gasteiger partial charge in [0, 0.05) is 17.8 Å². The Balaban J connectivity index is 1.73. The van der Waals surface area contributed by atoms with Gasteiger partial charge in [0.15, 0.2) is 11.0 Å². The van der Waals surface area contributed by atoms with Gasteiger partial charge in [-0.25, -0.2) is 4.79 Å². The number of rotatable bonds is 8. The molecule has 1 heterocycles. The van der Waals surface area contributed by atoms with E-state index in [1.807, 2.05) is 35.8 Å². The number of carboxylic acid groups (broad SMARTS) is 1. The van der Waals surface area contributed by atoms with Gasteiger partial charge in [0.25, 0.3) is 0 Å². The average molecular weight is 408 g/mol. The van der Waals surface area contributed by atoms with Gasteiger partial charge in [-0.3, -0.25) is 9.36 Å². The first-order valence-corrected chi connectivity index (χ1v) is 9.84. The smallest absolute Gasteiger partial charge is 0.335 e. The topological polar surface area (TPSA) is 97.1 Å². The van der Waals surface area contributed by atoms with Crippen molar-refractivity contribution in [2.45, 2.75) is 18.6 Å². The van der Waals surface area contributed by atoms with Crippen molar-refractivity contribution in [1.82, 2.24) is 14.8 Å². The van der Waals surface area contributed by atoms with Gasteiger partial charge in [-0.05, 0) is 30.7 Å². The van der Waals surface area contributed by atoms with Crippen molar-refractivity contribution in [1.29, 1.82) is 0 Å². The van der Waals surface area contributed by atoms with Crippen LogP contribution in [0.15, 0.2) is 66.3 Å². The van der Waals surface area contributed by atoms with Crippen LogP contribution in [0.25, 0.3) is 11.4 Å². The van der Waals surface area contributed by atoms with Crippen LogP contribution in [0, 0.1) is 6.92 Å². The molecule has 7 nitrogen and oxygen atoms in total. The number of carboxylic acids is 1. The van der Waals surface area contributed by atoms with Crippen molar-refractivity contribution in [2.75, 3.05) is 11.1 Å². The van der Waals surface area contributed by atoms with E-state index in [0.29, 0.717) is 17.4 Å². The maximum absolute atomic E-state index is 12.3. The van der Waals surface area contributed by atoms with Gasteiger partial charge in [-0.15, -0.1) is 16.8 Å². The lowest BCUT2D eigenvalue weighted by Crippen LogP contribution is -2.15. The Morgan fingerprint density at radius 3 is 2.72 bits per heavy atom. The molecule has 2 N–H and O–H groups in total. The van der Waals surface area contributed by atoms with Gasteiger partial charge in [-0.2, -0.15) is 0 Å². The fraction of sp³-hybridized carbons (Fsp3) is 0.143. The summed E-state index contributed by atoms with van der Waals surface area (Å²) < 4.78 is 1.92. The van der Waals surface area contributed by atoms with Crippen molar-refractivity contribution < 1.29 is 14.7 Å². The quantitative estimate of drug-likeness (QED) is 0.434. The third kappa shape index (κ3) is 4.91. The van der Waals surface area contributed by atoms with Crippen LogP contribution in [0.1, 0.15) is 15.9 Å². The monoisotopic (exact) mass is 408 g/mol. The standard InChI is InChI=1S/C21H20N4O3S/c1-3-11-25-19(17-10-5-4-7-14(17)2)23-24-21(25)29-13-18(26)22-16-9-6-8-15(12-16)20(27)28/h3-10,12H,1,11,13H2,2H3,(H,22,26)(H,27,28). The molecule has 0 saturated heterocycles. The number of anilines is 1. The van der Waals surface area contributed by atoms with Gasteiger partial charge < -0.3 is 10.4 Å². The summed E-state index contributed by atoms with van der Waals surface area (Å²) in [7, 11) is 0. The fourth-order valence-corrected chi connectivity index (χ4v) is 3.52. The van der Waals surface area contributed by atoms with Crippen molar-refractivity contribution in [3.63, 3.8) is 0 Å². The zero-order valence-electron chi connectivity index (χ0n) is 15.8. The Labute approximate surface area is 172 Å². The first-order valence-electron chi connectivity index (χ1n) is 8.85. The SMILES string of the molecule is C=CCn1c(SCC(=O)Nc2cccc(C(=O)O)c2)nnc1-c1ccccc1C. The maximum Gasteiger partial charge on any atom is 0.335 e. The van der Waals surface area contributed by atoms with Crippen molar-refractivity contribution >= 4 is 29.3 Å². The molecule has 8 heteroatoms. The summed E-state index contributed by atoms with van der Waals surface area (Å²) in [4.78, 5) is 23.4. The zero-order valence-corrected chi connectivity index (χ0v) is 16.6. The molecule has 0 saturated carbocycles. The molecular formula is C21H20N4O3S. The zero-order chi connectivity index (χ0) is 20.8. The summed E-state index contributed by atoms with van der Waals surface area (Å²) >= 11 is 1.26. The molecule has 0 aliphatic rings. The molecule has 0 aliphatic carbocycles. The summed E-state index contributed by atoms with van der Waals surface area (Å²) in [6.07, 6.45) is 1.76. The van der Waals surface area contributed by atoms with Crippen LogP contribution >= 0.6 is 11.8 Å². The van der Waals surface area contributed by atoms with Crippen molar-refractivity contribution in [2.24, 2.45) is 0 Å². The predicted octanol–water partition coefficient (Wildman–Crippen LogP) is 3.87. The Morgan fingerprint density at radius 1 is 1.21 bits per heavy atom. The van der Waals surface area contributed by atoms with E-state index in [1.165, 1.54) is 23.9 Å². The first-order chi connectivity index (χ1) is 14.0. The fourth-order valence-electron chi connectivity index (χ4n) is 2.77. The normalized spacial score (nSPS) is 10.5. The molecule has 29 heavy (non-hydrogen) atoms. The summed E-state index contributed by atoms with van der Waals surface area (Å²) in [5, 5.41) is 20.9. The van der Waals surface area contributed by atoms with E-state index in [-0.39, 0.29) is 17.2 Å². The molecule has 1 amide bonds. The third-order valence-electron chi connectivity index (χ3n) is 4.14. The van der Waals surface area contributed by atoms with E-state index in [0.717, 1.165) is 17.0 Å². The number of carbonyl (C=O) groups is 2. The highest BCUT2D eigenvalue weighted by Gasteiger charge is 2.16. The molecule has 0 aliphatic heterocycles. The number of hydrogen-bond acceptors (Lipinski definition) is 5. The molecule has 0 radical (unpaired) electrons. The number of aromatic carboxylic acids is 1. The molecule has 2 aromatic carbocycles. The number of benzene rings is 2. The number of carbonyl (C=O) groups excluding carboxylic acids is 1. The molecule has 0 bridgehead atoms. The van der Waals surface area contributed by atoms with Gasteiger partial charge in [0.1, 0.15) is 0 Å². The molecule has 0 unspecified atom stereocenters. The van der Waals surface area contributed by atoms with Crippen LogP contribution in [0.5, 0.6) is 0 Å². The van der Waals surface area contributed by atoms with Crippen LogP contribution in [0.3, 0.4) is 0 Å². The van der Waals surface area contributed by atoms with Crippen molar-refractivity contribution in [3.8, 4) is 11.4 Å². The molecule has 3 rings (SSSR count). The number of nitrogens with one attached hydrogen (secondary N) is 1. The first kappa shape index (κ1) is 20.3. The largest absolute Gasteiger partial charge is 0.478 e. The number of amides is 1. The van der Waals surface area contributed by atoms with Gasteiger partial charge in [0.2, 0.25) is 5.91 Å². The van der Waals surface area contributed by atoms with Crippen LogP contribution in [-0.2, 0) is 11.3 Å². The van der Waals surface area contributed by atoms with E-state index >= 15 is 0 Å². The highest BCUT2D eigenvalue weighted by molar-refractivity contribution is 7.99. The number of allylic oxidation sites excluding steroid dienone is 1. The Kier molecular flexibility index (Phi) is 6.46. The number of thioether (sulfide) groups is 1. The summed E-state index contributed by atoms with van der Waals surface area (Å²) in [5.74, 6) is -0.472. The molecule has 0 spiro atoms.